The molecule has 0 aliphatic heterocycles. The van der Waals surface area contributed by atoms with Gasteiger partial charge in [-0.15, -0.1) is 10.2 Å². The van der Waals surface area contributed by atoms with Crippen molar-refractivity contribution in [2.24, 2.45) is 0 Å². The maximum atomic E-state index is 13.0. The molecule has 1 heterocycles. The molecule has 3 aromatic rings. The van der Waals surface area contributed by atoms with Crippen molar-refractivity contribution >= 4 is 11.6 Å². The van der Waals surface area contributed by atoms with Crippen molar-refractivity contribution in [1.82, 2.24) is 10.2 Å². The van der Waals surface area contributed by atoms with Gasteiger partial charge in [0.25, 0.3) is 5.89 Å². The molecule has 6 heteroatoms. The first-order valence-corrected chi connectivity index (χ1v) is 7.02. The van der Waals surface area contributed by atoms with Gasteiger partial charge in [-0.05, 0) is 37.3 Å². The number of aromatic nitrogens is 2. The largest absolute Gasteiger partial charge is 0.479 e. The Hall–Kier alpha value is -2.40. The summed E-state index contributed by atoms with van der Waals surface area (Å²) in [6.07, 6.45) is -0.507. The van der Waals surface area contributed by atoms with Crippen LogP contribution in [0.4, 0.5) is 4.39 Å². The Morgan fingerprint density at radius 2 is 1.91 bits per heavy atom. The summed E-state index contributed by atoms with van der Waals surface area (Å²) in [6.45, 7) is 1.75. The van der Waals surface area contributed by atoms with E-state index in [2.05, 4.69) is 10.2 Å². The number of halogens is 2. The van der Waals surface area contributed by atoms with E-state index in [9.17, 15) is 4.39 Å². The van der Waals surface area contributed by atoms with Gasteiger partial charge in [-0.1, -0.05) is 29.8 Å². The first-order chi connectivity index (χ1) is 10.6. The fraction of sp³-hybridized carbons (Fsp3) is 0.125. The van der Waals surface area contributed by atoms with Crippen molar-refractivity contribution in [3.63, 3.8) is 0 Å². The van der Waals surface area contributed by atoms with Crippen molar-refractivity contribution in [2.75, 3.05) is 0 Å². The molecular weight excluding hydrogens is 307 g/mol. The van der Waals surface area contributed by atoms with Crippen LogP contribution in [0.1, 0.15) is 18.9 Å². The lowest BCUT2D eigenvalue weighted by Crippen LogP contribution is -2.04. The van der Waals surface area contributed by atoms with Crippen LogP contribution < -0.4 is 4.74 Å². The Morgan fingerprint density at radius 1 is 1.14 bits per heavy atom. The smallest absolute Gasteiger partial charge is 0.257 e. The molecule has 1 aromatic heterocycles. The lowest BCUT2D eigenvalue weighted by Gasteiger charge is -2.12. The molecule has 1 atom stereocenters. The van der Waals surface area contributed by atoms with E-state index < -0.39 is 11.9 Å². The fourth-order valence-electron chi connectivity index (χ4n) is 1.91. The average molecular weight is 319 g/mol. The van der Waals surface area contributed by atoms with Gasteiger partial charge in [-0.2, -0.15) is 0 Å². The lowest BCUT2D eigenvalue weighted by atomic mass is 10.2. The number of ether oxygens (including phenoxy) is 1. The molecule has 0 amide bonds. The first-order valence-electron chi connectivity index (χ1n) is 6.64. The molecule has 0 aliphatic rings. The summed E-state index contributed by atoms with van der Waals surface area (Å²) in [5.41, 5.74) is 0.827. The highest BCUT2D eigenvalue weighted by Gasteiger charge is 2.17. The van der Waals surface area contributed by atoms with E-state index >= 15 is 0 Å². The highest BCUT2D eigenvalue weighted by Crippen LogP contribution is 2.30. The molecule has 0 radical (unpaired) electrons. The lowest BCUT2D eigenvalue weighted by molar-refractivity contribution is 0.189. The zero-order chi connectivity index (χ0) is 15.5. The van der Waals surface area contributed by atoms with Crippen molar-refractivity contribution in [2.45, 2.75) is 13.0 Å². The van der Waals surface area contributed by atoms with Crippen molar-refractivity contribution < 1.29 is 13.5 Å². The number of hydrogen-bond acceptors (Lipinski definition) is 4. The van der Waals surface area contributed by atoms with E-state index in [1.165, 1.54) is 18.2 Å². The highest BCUT2D eigenvalue weighted by atomic mass is 35.5. The fourth-order valence-corrected chi connectivity index (χ4v) is 2.12. The zero-order valence-corrected chi connectivity index (χ0v) is 12.4. The Morgan fingerprint density at radius 3 is 2.64 bits per heavy atom. The van der Waals surface area contributed by atoms with Crippen LogP contribution in [-0.2, 0) is 0 Å². The molecule has 112 valence electrons. The standard InChI is InChI=1S/C16H12ClFN2O2/c1-10(21-14-8-7-12(18)9-13(14)17)15-19-20-16(22-15)11-5-3-2-4-6-11/h2-10H,1H3/t10-/m0/s1. The highest BCUT2D eigenvalue weighted by molar-refractivity contribution is 6.32. The van der Waals surface area contributed by atoms with E-state index in [4.69, 9.17) is 20.8 Å². The van der Waals surface area contributed by atoms with Crippen LogP contribution in [0.15, 0.2) is 52.9 Å². The van der Waals surface area contributed by atoms with Gasteiger partial charge in [0.15, 0.2) is 6.10 Å². The third-order valence-electron chi connectivity index (χ3n) is 3.01. The van der Waals surface area contributed by atoms with Gasteiger partial charge < -0.3 is 9.15 Å². The maximum Gasteiger partial charge on any atom is 0.257 e. The summed E-state index contributed by atoms with van der Waals surface area (Å²) >= 11 is 5.93. The topological polar surface area (TPSA) is 48.2 Å². The summed E-state index contributed by atoms with van der Waals surface area (Å²) in [5, 5.41) is 8.16. The van der Waals surface area contributed by atoms with E-state index in [-0.39, 0.29) is 5.02 Å². The molecule has 0 aliphatic carbocycles. The van der Waals surface area contributed by atoms with Crippen LogP contribution in [0.5, 0.6) is 5.75 Å². The van der Waals surface area contributed by atoms with Crippen LogP contribution >= 0.6 is 11.6 Å². The third-order valence-corrected chi connectivity index (χ3v) is 3.30. The van der Waals surface area contributed by atoms with Gasteiger partial charge in [0.05, 0.1) is 5.02 Å². The van der Waals surface area contributed by atoms with Crippen molar-refractivity contribution in [3.8, 4) is 17.2 Å². The SMILES string of the molecule is C[C@H](Oc1ccc(F)cc1Cl)c1nnc(-c2ccccc2)o1. The van der Waals surface area contributed by atoms with Crippen LogP contribution in [0.3, 0.4) is 0 Å². The van der Waals surface area contributed by atoms with Crippen molar-refractivity contribution in [3.05, 3.63) is 65.3 Å². The Labute approximate surface area is 131 Å². The molecular formula is C16H12ClFN2O2. The molecule has 0 N–H and O–H groups in total. The van der Waals surface area contributed by atoms with Gasteiger partial charge in [0.2, 0.25) is 5.89 Å². The minimum atomic E-state index is -0.507. The maximum absolute atomic E-state index is 13.0. The van der Waals surface area contributed by atoms with E-state index in [1.807, 2.05) is 30.3 Å². The number of rotatable bonds is 4. The van der Waals surface area contributed by atoms with Crippen LogP contribution in [0.25, 0.3) is 11.5 Å². The molecule has 2 aromatic carbocycles. The number of nitrogens with zero attached hydrogens (tertiary/aromatic N) is 2. The summed E-state index contributed by atoms with van der Waals surface area (Å²) in [5.74, 6) is 0.666. The molecule has 0 fully saturated rings. The van der Waals surface area contributed by atoms with Crippen LogP contribution in [-0.4, -0.2) is 10.2 Å². The monoisotopic (exact) mass is 318 g/mol. The van der Waals surface area contributed by atoms with Crippen molar-refractivity contribution in [1.29, 1.82) is 0 Å². The molecule has 3 rings (SSSR count). The quantitative estimate of drug-likeness (QED) is 0.701. The minimum absolute atomic E-state index is 0.189. The molecule has 0 bridgehead atoms. The molecule has 22 heavy (non-hydrogen) atoms. The first kappa shape index (κ1) is 14.5. The van der Waals surface area contributed by atoms with E-state index in [0.717, 1.165) is 5.56 Å². The molecule has 4 nitrogen and oxygen atoms in total. The van der Waals surface area contributed by atoms with Crippen LogP contribution in [0, 0.1) is 5.82 Å². The molecule has 0 saturated heterocycles. The zero-order valence-electron chi connectivity index (χ0n) is 11.7. The predicted octanol–water partition coefficient (Wildman–Crippen LogP) is 4.67. The van der Waals surface area contributed by atoms with Gasteiger partial charge in [-0.25, -0.2) is 4.39 Å². The molecule has 0 spiro atoms. The summed E-state index contributed by atoms with van der Waals surface area (Å²) in [7, 11) is 0. The van der Waals surface area contributed by atoms with Crippen LogP contribution in [0.2, 0.25) is 5.02 Å². The van der Waals surface area contributed by atoms with Gasteiger partial charge in [0, 0.05) is 5.56 Å². The number of benzene rings is 2. The Bertz CT molecular complexity index is 777. The number of hydrogen-bond donors (Lipinski definition) is 0. The Balaban J connectivity index is 1.78. The minimum Gasteiger partial charge on any atom is -0.479 e. The third kappa shape index (κ3) is 3.09. The Kier molecular flexibility index (Phi) is 4.06. The second kappa shape index (κ2) is 6.15. The van der Waals surface area contributed by atoms with E-state index in [1.54, 1.807) is 6.92 Å². The second-order valence-corrected chi connectivity index (χ2v) is 5.05. The predicted molar refractivity (Wildman–Crippen MR) is 80.2 cm³/mol. The average Bonchev–Trinajstić information content (AvgIpc) is 3.01. The molecule has 0 unspecified atom stereocenters. The second-order valence-electron chi connectivity index (χ2n) is 4.65. The normalized spacial score (nSPS) is 12.1. The van der Waals surface area contributed by atoms with Gasteiger partial charge >= 0.3 is 0 Å². The van der Waals surface area contributed by atoms with Gasteiger partial charge in [-0.3, -0.25) is 0 Å². The summed E-state index contributed by atoms with van der Waals surface area (Å²) in [6, 6.07) is 13.4. The summed E-state index contributed by atoms with van der Waals surface area (Å²) < 4.78 is 24.3. The van der Waals surface area contributed by atoms with E-state index in [0.29, 0.717) is 17.5 Å². The summed E-state index contributed by atoms with van der Waals surface area (Å²) in [4.78, 5) is 0. The van der Waals surface area contributed by atoms with Gasteiger partial charge in [0.1, 0.15) is 11.6 Å². The molecule has 0 saturated carbocycles.